The number of rotatable bonds is 6. The monoisotopic (exact) mass is 386 g/mol. The van der Waals surface area contributed by atoms with Gasteiger partial charge in [0.05, 0.1) is 23.6 Å². The summed E-state index contributed by atoms with van der Waals surface area (Å²) in [4.78, 5) is 20.1. The first-order valence-electron chi connectivity index (χ1n) is 7.60. The molecule has 0 unspecified atom stereocenters. The molecule has 1 aromatic carbocycles. The predicted molar refractivity (Wildman–Crippen MR) is 92.5 cm³/mol. The molecule has 0 saturated heterocycles. The second-order valence-electron chi connectivity index (χ2n) is 5.24. The van der Waals surface area contributed by atoms with Crippen molar-refractivity contribution in [3.05, 3.63) is 41.1 Å². The molecule has 0 spiro atoms. The van der Waals surface area contributed by atoms with E-state index in [0.717, 1.165) is 23.9 Å². The molecule has 0 saturated carbocycles. The number of alkyl halides is 3. The summed E-state index contributed by atoms with van der Waals surface area (Å²) in [5, 5.41) is 12.3. The summed E-state index contributed by atoms with van der Waals surface area (Å²) in [6, 6.07) is 4.37. The molecule has 2 aromatic rings. The zero-order valence-electron chi connectivity index (χ0n) is 13.8. The Morgan fingerprint density at radius 2 is 2.08 bits per heavy atom. The van der Waals surface area contributed by atoms with Crippen molar-refractivity contribution in [2.24, 2.45) is 0 Å². The molecule has 0 aliphatic rings. The number of aryl methyl sites for hydroxylation is 1. The summed E-state index contributed by atoms with van der Waals surface area (Å²) in [5.74, 6) is -0.587. The molecule has 0 atom stereocenters. The van der Waals surface area contributed by atoms with E-state index in [0.29, 0.717) is 22.7 Å². The van der Waals surface area contributed by atoms with Crippen molar-refractivity contribution in [3.8, 4) is 0 Å². The van der Waals surface area contributed by atoms with Gasteiger partial charge in [-0.25, -0.2) is 9.97 Å². The largest absolute Gasteiger partial charge is 0.416 e. The van der Waals surface area contributed by atoms with Crippen LogP contribution in [0.5, 0.6) is 0 Å². The van der Waals surface area contributed by atoms with Crippen LogP contribution in [-0.2, 0) is 24.0 Å². The van der Waals surface area contributed by atoms with Crippen LogP contribution in [0.15, 0.2) is 29.3 Å². The van der Waals surface area contributed by atoms with Gasteiger partial charge >= 0.3 is 6.18 Å². The third kappa shape index (κ3) is 5.09. The maximum absolute atomic E-state index is 12.7. The van der Waals surface area contributed by atoms with Gasteiger partial charge in [0.2, 0.25) is 11.9 Å². The van der Waals surface area contributed by atoms with Crippen LogP contribution < -0.4 is 11.1 Å². The Morgan fingerprint density at radius 1 is 1.35 bits per heavy atom. The molecule has 140 valence electrons. The van der Waals surface area contributed by atoms with Crippen molar-refractivity contribution in [1.29, 1.82) is 0 Å². The van der Waals surface area contributed by atoms with Gasteiger partial charge in [-0.05, 0) is 24.6 Å². The van der Waals surface area contributed by atoms with Gasteiger partial charge in [-0.3, -0.25) is 4.79 Å². The van der Waals surface area contributed by atoms with Crippen LogP contribution in [0.4, 0.5) is 24.8 Å². The number of thioether (sulfide) groups is 1. The number of nitrogen functional groups attached to an aromatic ring is 1. The van der Waals surface area contributed by atoms with Crippen LogP contribution in [0.1, 0.15) is 23.7 Å². The van der Waals surface area contributed by atoms with E-state index in [1.54, 1.807) is 0 Å². The maximum atomic E-state index is 12.7. The zero-order valence-corrected chi connectivity index (χ0v) is 14.6. The van der Waals surface area contributed by atoms with Crippen LogP contribution in [0, 0.1) is 0 Å². The highest BCUT2D eigenvalue weighted by molar-refractivity contribution is 8.00. The third-order valence-corrected chi connectivity index (χ3v) is 4.40. The topological polar surface area (TPSA) is 101 Å². The molecule has 1 heterocycles. The van der Waals surface area contributed by atoms with Gasteiger partial charge in [0.1, 0.15) is 5.03 Å². The molecular weight excluding hydrogens is 369 g/mol. The summed E-state index contributed by atoms with van der Waals surface area (Å²) >= 11 is 1.03. The number of hydrogen-bond donors (Lipinski definition) is 3. The number of hydrogen-bond acceptors (Lipinski definition) is 6. The minimum absolute atomic E-state index is 0.0276. The molecule has 2 rings (SSSR count). The Kier molecular flexibility index (Phi) is 6.43. The summed E-state index contributed by atoms with van der Waals surface area (Å²) in [5.41, 5.74) is 5.89. The van der Waals surface area contributed by atoms with Gasteiger partial charge in [-0.1, -0.05) is 24.8 Å². The van der Waals surface area contributed by atoms with E-state index >= 15 is 0 Å². The van der Waals surface area contributed by atoms with Crippen molar-refractivity contribution < 1.29 is 23.1 Å². The average Bonchev–Trinajstić information content (AvgIpc) is 2.58. The van der Waals surface area contributed by atoms with Gasteiger partial charge in [0, 0.05) is 11.3 Å². The highest BCUT2D eigenvalue weighted by Gasteiger charge is 2.30. The molecule has 0 radical (unpaired) electrons. The van der Waals surface area contributed by atoms with Crippen molar-refractivity contribution in [3.63, 3.8) is 0 Å². The Morgan fingerprint density at radius 3 is 2.69 bits per heavy atom. The SMILES string of the molecule is CCc1nc(N)nc(SCC(=O)Nc2cccc(C(F)(F)F)c2)c1CO. The lowest BCUT2D eigenvalue weighted by atomic mass is 10.2. The highest BCUT2D eigenvalue weighted by atomic mass is 32.2. The van der Waals surface area contributed by atoms with E-state index in [9.17, 15) is 23.1 Å². The van der Waals surface area contributed by atoms with E-state index in [1.807, 2.05) is 6.92 Å². The van der Waals surface area contributed by atoms with Crippen LogP contribution in [0.25, 0.3) is 0 Å². The number of aromatic nitrogens is 2. The van der Waals surface area contributed by atoms with E-state index in [4.69, 9.17) is 5.73 Å². The van der Waals surface area contributed by atoms with Crippen LogP contribution in [0.2, 0.25) is 0 Å². The first-order chi connectivity index (χ1) is 12.2. The molecule has 4 N–H and O–H groups in total. The molecule has 10 heteroatoms. The van der Waals surface area contributed by atoms with Gasteiger partial charge in [-0.2, -0.15) is 13.2 Å². The summed E-state index contributed by atoms with van der Waals surface area (Å²) in [6.45, 7) is 1.54. The van der Waals surface area contributed by atoms with Crippen LogP contribution >= 0.6 is 11.8 Å². The van der Waals surface area contributed by atoms with E-state index in [1.165, 1.54) is 12.1 Å². The molecule has 6 nitrogen and oxygen atoms in total. The molecule has 1 aromatic heterocycles. The molecular formula is C16H17F3N4O2S. The Bertz CT molecular complexity index is 800. The quantitative estimate of drug-likeness (QED) is 0.521. The van der Waals surface area contributed by atoms with Gasteiger partial charge in [0.15, 0.2) is 0 Å². The van der Waals surface area contributed by atoms with Crippen molar-refractivity contribution in [2.45, 2.75) is 31.2 Å². The number of amides is 1. The molecule has 26 heavy (non-hydrogen) atoms. The van der Waals surface area contributed by atoms with Gasteiger partial charge in [-0.15, -0.1) is 0 Å². The number of anilines is 2. The zero-order chi connectivity index (χ0) is 19.3. The molecule has 0 aliphatic heterocycles. The van der Waals surface area contributed by atoms with Gasteiger partial charge < -0.3 is 16.2 Å². The fourth-order valence-electron chi connectivity index (χ4n) is 2.20. The second kappa shape index (κ2) is 8.37. The minimum atomic E-state index is -4.49. The van der Waals surface area contributed by atoms with Crippen molar-refractivity contribution >= 4 is 29.3 Å². The first-order valence-corrected chi connectivity index (χ1v) is 8.59. The summed E-state index contributed by atoms with van der Waals surface area (Å²) < 4.78 is 38.1. The smallest absolute Gasteiger partial charge is 0.392 e. The second-order valence-corrected chi connectivity index (χ2v) is 6.20. The number of carbonyl (C=O) groups excluding carboxylic acids is 1. The van der Waals surface area contributed by atoms with Crippen molar-refractivity contribution in [2.75, 3.05) is 16.8 Å². The number of benzene rings is 1. The Hall–Kier alpha value is -2.33. The standard InChI is InChI=1S/C16H17F3N4O2S/c1-2-12-11(7-24)14(23-15(20)22-12)26-8-13(25)21-10-5-3-4-9(6-10)16(17,18)19/h3-6,24H,2,7-8H2,1H3,(H,21,25)(H2,20,22,23). The van der Waals surface area contributed by atoms with Crippen LogP contribution in [0.3, 0.4) is 0 Å². The number of aliphatic hydroxyl groups is 1. The van der Waals surface area contributed by atoms with E-state index in [2.05, 4.69) is 15.3 Å². The molecule has 1 amide bonds. The molecule has 0 bridgehead atoms. The fourth-order valence-corrected chi connectivity index (χ4v) is 3.06. The molecule has 0 fully saturated rings. The first kappa shape index (κ1) is 20.0. The number of nitrogens with zero attached hydrogens (tertiary/aromatic N) is 2. The Labute approximate surface area is 152 Å². The van der Waals surface area contributed by atoms with Crippen LogP contribution in [-0.4, -0.2) is 26.7 Å². The fraction of sp³-hybridized carbons (Fsp3) is 0.312. The summed E-state index contributed by atoms with van der Waals surface area (Å²) in [6.07, 6.45) is -3.95. The van der Waals surface area contributed by atoms with E-state index in [-0.39, 0.29) is 24.0 Å². The lowest BCUT2D eigenvalue weighted by Crippen LogP contribution is -2.16. The number of aliphatic hydroxyl groups excluding tert-OH is 1. The lowest BCUT2D eigenvalue weighted by Gasteiger charge is -2.12. The maximum Gasteiger partial charge on any atom is 0.416 e. The van der Waals surface area contributed by atoms with Gasteiger partial charge in [0.25, 0.3) is 0 Å². The normalized spacial score (nSPS) is 11.4. The average molecular weight is 386 g/mol. The number of nitrogens with one attached hydrogen (secondary N) is 1. The van der Waals surface area contributed by atoms with Crippen molar-refractivity contribution in [1.82, 2.24) is 9.97 Å². The third-order valence-electron chi connectivity index (χ3n) is 3.38. The predicted octanol–water partition coefficient (Wildman–Crippen LogP) is 2.86. The number of halogens is 3. The summed E-state index contributed by atoms with van der Waals surface area (Å²) in [7, 11) is 0. The number of nitrogens with two attached hydrogens (primary N) is 1. The minimum Gasteiger partial charge on any atom is -0.392 e. The Balaban J connectivity index is 2.07. The van der Waals surface area contributed by atoms with E-state index < -0.39 is 17.6 Å². The molecule has 0 aliphatic carbocycles. The lowest BCUT2D eigenvalue weighted by molar-refractivity contribution is -0.137. The number of carbonyl (C=O) groups is 1. The highest BCUT2D eigenvalue weighted by Crippen LogP contribution is 2.31.